The van der Waals surface area contributed by atoms with Crippen LogP contribution in [0.2, 0.25) is 0 Å². The first-order chi connectivity index (χ1) is 23.8. The normalized spacial score (nSPS) is 12.2. The molecule has 0 saturated heterocycles. The highest BCUT2D eigenvalue weighted by molar-refractivity contribution is 7.25. The van der Waals surface area contributed by atoms with Crippen molar-refractivity contribution < 1.29 is 4.42 Å². The van der Waals surface area contributed by atoms with Crippen LogP contribution in [-0.2, 0) is 0 Å². The second kappa shape index (κ2) is 9.78. The quantitative estimate of drug-likeness (QED) is 0.140. The molecule has 11 rings (SSSR count). The maximum Gasteiger partial charge on any atom is 0.136 e. The summed E-state index contributed by atoms with van der Waals surface area (Å²) in [6, 6.07) is 57.9. The van der Waals surface area contributed by atoms with Crippen LogP contribution in [-0.4, -0.2) is 0 Å². The van der Waals surface area contributed by atoms with E-state index in [2.05, 4.69) is 158 Å². The molecule has 0 fully saturated rings. The van der Waals surface area contributed by atoms with E-state index >= 15 is 0 Å². The fourth-order valence-electron chi connectivity index (χ4n) is 8.17. The van der Waals surface area contributed by atoms with Crippen LogP contribution in [0.4, 0.5) is 0 Å². The summed E-state index contributed by atoms with van der Waals surface area (Å²) in [6.07, 6.45) is 0. The number of hydrogen-bond donors (Lipinski definition) is 0. The smallest absolute Gasteiger partial charge is 0.136 e. The molecule has 0 bridgehead atoms. The van der Waals surface area contributed by atoms with Gasteiger partial charge in [-0.15, -0.1) is 11.3 Å². The molecular formula is C46H26OS. The molecule has 2 heterocycles. The molecule has 0 amide bonds. The third kappa shape index (κ3) is 3.61. The van der Waals surface area contributed by atoms with Gasteiger partial charge in [0.25, 0.3) is 0 Å². The molecule has 48 heavy (non-hydrogen) atoms. The van der Waals surface area contributed by atoms with Crippen molar-refractivity contribution in [1.29, 1.82) is 0 Å². The molecule has 0 spiro atoms. The van der Waals surface area contributed by atoms with Gasteiger partial charge in [-0.1, -0.05) is 121 Å². The monoisotopic (exact) mass is 626 g/mol. The predicted octanol–water partition coefficient (Wildman–Crippen LogP) is 13.9. The van der Waals surface area contributed by atoms with Crippen LogP contribution < -0.4 is 0 Å². The highest BCUT2D eigenvalue weighted by Crippen LogP contribution is 2.48. The second-order valence-corrected chi connectivity index (χ2v) is 13.9. The van der Waals surface area contributed by atoms with E-state index in [0.29, 0.717) is 0 Å². The summed E-state index contributed by atoms with van der Waals surface area (Å²) < 4.78 is 9.00. The molecule has 0 aliphatic heterocycles. The molecule has 0 atom stereocenters. The van der Waals surface area contributed by atoms with Crippen LogP contribution in [0.1, 0.15) is 0 Å². The summed E-state index contributed by atoms with van der Waals surface area (Å²) >= 11 is 1.87. The molecular weight excluding hydrogens is 601 g/mol. The van der Waals surface area contributed by atoms with Gasteiger partial charge in [-0.25, -0.2) is 0 Å². The summed E-state index contributed by atoms with van der Waals surface area (Å²) in [5, 5.41) is 12.5. The summed E-state index contributed by atoms with van der Waals surface area (Å²) in [7, 11) is 0. The zero-order valence-electron chi connectivity index (χ0n) is 25.8. The van der Waals surface area contributed by atoms with E-state index in [1.807, 2.05) is 11.3 Å². The Morgan fingerprint density at radius 3 is 1.73 bits per heavy atom. The molecule has 0 N–H and O–H groups in total. The molecule has 0 aliphatic carbocycles. The van der Waals surface area contributed by atoms with Crippen LogP contribution in [0.15, 0.2) is 162 Å². The number of rotatable bonds is 3. The van der Waals surface area contributed by atoms with Crippen LogP contribution in [0.5, 0.6) is 0 Å². The Morgan fingerprint density at radius 1 is 0.354 bits per heavy atom. The minimum absolute atomic E-state index is 0.941. The van der Waals surface area contributed by atoms with Crippen LogP contribution >= 0.6 is 11.3 Å². The summed E-state index contributed by atoms with van der Waals surface area (Å²) in [5.41, 5.74) is 9.37. The molecule has 0 aliphatic rings. The van der Waals surface area contributed by atoms with Gasteiger partial charge in [0.1, 0.15) is 11.2 Å². The van der Waals surface area contributed by atoms with Crippen LogP contribution in [0.25, 0.3) is 108 Å². The van der Waals surface area contributed by atoms with Gasteiger partial charge in [0.15, 0.2) is 0 Å². The maximum atomic E-state index is 6.34. The minimum Gasteiger partial charge on any atom is -0.456 e. The fourth-order valence-corrected chi connectivity index (χ4v) is 9.31. The first-order valence-electron chi connectivity index (χ1n) is 16.4. The SMILES string of the molecule is c1cc(-c2ccc3c(c2)sc2ccccc23)cc(-c2c3ccccc3c(-c3cc4cccc5oc6cccc3c6c45)c3ccccc23)c1. The number of thiophene rings is 1. The first-order valence-corrected chi connectivity index (χ1v) is 17.2. The minimum atomic E-state index is 0.941. The molecule has 0 saturated carbocycles. The average molecular weight is 627 g/mol. The Labute approximate surface area is 280 Å². The van der Waals surface area contributed by atoms with E-state index in [1.165, 1.54) is 96.6 Å². The molecule has 11 aromatic rings. The lowest BCUT2D eigenvalue weighted by atomic mass is 9.83. The predicted molar refractivity (Wildman–Crippen MR) is 207 cm³/mol. The van der Waals surface area contributed by atoms with Gasteiger partial charge in [-0.3, -0.25) is 0 Å². The summed E-state index contributed by atoms with van der Waals surface area (Å²) in [6.45, 7) is 0. The van der Waals surface area contributed by atoms with E-state index in [0.717, 1.165) is 11.2 Å². The highest BCUT2D eigenvalue weighted by Gasteiger charge is 2.21. The second-order valence-electron chi connectivity index (χ2n) is 12.8. The van der Waals surface area contributed by atoms with Crippen molar-refractivity contribution in [3.05, 3.63) is 158 Å². The standard InChI is InChI=1S/C46H26OS/c1-3-16-35-33(14-1)43(29-11-7-10-27(24-29)28-22-23-32-31-13-5-6-21-41(31)48-42(32)26-28)34-15-2-4-17-36(34)45(35)38-25-30-12-8-19-39-44(30)46-37(38)18-9-20-40(46)47-39/h1-26H. The number of hydrogen-bond acceptors (Lipinski definition) is 2. The molecule has 2 aromatic heterocycles. The fraction of sp³-hybridized carbons (Fsp3) is 0. The maximum absolute atomic E-state index is 6.34. The van der Waals surface area contributed by atoms with Gasteiger partial charge in [0, 0.05) is 30.9 Å². The van der Waals surface area contributed by atoms with Gasteiger partial charge in [0.2, 0.25) is 0 Å². The highest BCUT2D eigenvalue weighted by atomic mass is 32.1. The average Bonchev–Trinajstić information content (AvgIpc) is 3.72. The van der Waals surface area contributed by atoms with Crippen molar-refractivity contribution in [3.63, 3.8) is 0 Å². The Kier molecular flexibility index (Phi) is 5.32. The molecule has 1 nitrogen and oxygen atoms in total. The van der Waals surface area contributed by atoms with Crippen molar-refractivity contribution in [3.8, 4) is 33.4 Å². The molecule has 9 aromatic carbocycles. The summed E-state index contributed by atoms with van der Waals surface area (Å²) in [5.74, 6) is 0. The topological polar surface area (TPSA) is 13.1 Å². The van der Waals surface area contributed by atoms with E-state index < -0.39 is 0 Å². The van der Waals surface area contributed by atoms with E-state index in [1.54, 1.807) is 0 Å². The molecule has 0 radical (unpaired) electrons. The van der Waals surface area contributed by atoms with Crippen molar-refractivity contribution in [1.82, 2.24) is 0 Å². The largest absolute Gasteiger partial charge is 0.456 e. The zero-order valence-corrected chi connectivity index (χ0v) is 26.6. The molecule has 0 unspecified atom stereocenters. The van der Waals surface area contributed by atoms with Crippen molar-refractivity contribution >= 4 is 85.8 Å². The lowest BCUT2D eigenvalue weighted by molar-refractivity contribution is 0.669. The van der Waals surface area contributed by atoms with Gasteiger partial charge in [0.05, 0.1) is 0 Å². The van der Waals surface area contributed by atoms with E-state index in [4.69, 9.17) is 4.42 Å². The lowest BCUT2D eigenvalue weighted by Gasteiger charge is -2.19. The van der Waals surface area contributed by atoms with E-state index in [-0.39, 0.29) is 0 Å². The van der Waals surface area contributed by atoms with Gasteiger partial charge in [-0.2, -0.15) is 0 Å². The van der Waals surface area contributed by atoms with Crippen LogP contribution in [0, 0.1) is 0 Å². The van der Waals surface area contributed by atoms with Gasteiger partial charge in [-0.05, 0) is 102 Å². The lowest BCUT2D eigenvalue weighted by Crippen LogP contribution is -1.92. The third-order valence-corrected chi connectivity index (χ3v) is 11.3. The Bertz CT molecular complexity index is 3010. The third-order valence-electron chi connectivity index (χ3n) is 10.2. The number of benzene rings is 9. The number of furan rings is 1. The van der Waals surface area contributed by atoms with Gasteiger partial charge < -0.3 is 4.42 Å². The Morgan fingerprint density at radius 2 is 0.938 bits per heavy atom. The Balaban J connectivity index is 1.18. The van der Waals surface area contributed by atoms with Crippen molar-refractivity contribution in [2.45, 2.75) is 0 Å². The zero-order chi connectivity index (χ0) is 31.3. The Hall–Kier alpha value is -5.96. The van der Waals surface area contributed by atoms with Crippen molar-refractivity contribution in [2.24, 2.45) is 0 Å². The van der Waals surface area contributed by atoms with E-state index in [9.17, 15) is 0 Å². The van der Waals surface area contributed by atoms with Gasteiger partial charge >= 0.3 is 0 Å². The number of fused-ring (bicyclic) bond motifs is 5. The van der Waals surface area contributed by atoms with Crippen molar-refractivity contribution in [2.75, 3.05) is 0 Å². The molecule has 222 valence electrons. The van der Waals surface area contributed by atoms with Crippen LogP contribution in [0.3, 0.4) is 0 Å². The molecule has 2 heteroatoms. The first kappa shape index (κ1) is 26.1. The summed E-state index contributed by atoms with van der Waals surface area (Å²) in [4.78, 5) is 0.